The first-order chi connectivity index (χ1) is 6.31. The van der Waals surface area contributed by atoms with Crippen LogP contribution in [0.3, 0.4) is 0 Å². The van der Waals surface area contributed by atoms with Crippen LogP contribution in [-0.2, 0) is 9.53 Å². The highest BCUT2D eigenvalue weighted by Crippen LogP contribution is 1.91. The van der Waals surface area contributed by atoms with Gasteiger partial charge in [-0.25, -0.2) is 0 Å². The molecular weight excluding hydrogens is 190 g/mol. The van der Waals surface area contributed by atoms with Crippen molar-refractivity contribution in [3.05, 3.63) is 0 Å². The summed E-state index contributed by atoms with van der Waals surface area (Å²) in [5, 5.41) is 2.80. The van der Waals surface area contributed by atoms with Gasteiger partial charge in [-0.1, -0.05) is 0 Å². The van der Waals surface area contributed by atoms with E-state index in [2.05, 4.69) is 5.32 Å². The Morgan fingerprint density at radius 2 is 2.23 bits per heavy atom. The van der Waals surface area contributed by atoms with E-state index >= 15 is 0 Å². The molecule has 0 atom stereocenters. The molecule has 0 rings (SSSR count). The van der Waals surface area contributed by atoms with E-state index in [1.807, 2.05) is 6.92 Å². The highest BCUT2D eigenvalue weighted by molar-refractivity contribution is 6.17. The van der Waals surface area contributed by atoms with Crippen LogP contribution in [0.5, 0.6) is 0 Å². The highest BCUT2D eigenvalue weighted by Gasteiger charge is 1.98. The van der Waals surface area contributed by atoms with Crippen molar-refractivity contribution in [3.8, 4) is 0 Å². The van der Waals surface area contributed by atoms with Crippen molar-refractivity contribution in [2.75, 3.05) is 25.6 Å². The summed E-state index contributed by atoms with van der Waals surface area (Å²) in [6, 6.07) is 0. The number of nitrogens with one attached hydrogen (secondary N) is 1. The summed E-state index contributed by atoms with van der Waals surface area (Å²) < 4.78 is 5.12. The van der Waals surface area contributed by atoms with E-state index in [1.54, 1.807) is 0 Å². The summed E-state index contributed by atoms with van der Waals surface area (Å²) in [5.74, 6) is 0.629. The Kier molecular flexibility index (Phi) is 9.59. The third-order valence-electron chi connectivity index (χ3n) is 1.53. The molecule has 1 N–H and O–H groups in total. The Labute approximate surface area is 84.8 Å². The zero-order chi connectivity index (χ0) is 9.94. The first kappa shape index (κ1) is 12.7. The molecule has 0 heterocycles. The molecule has 0 spiro atoms. The Bertz CT molecular complexity index is 131. The van der Waals surface area contributed by atoms with Gasteiger partial charge in [0.05, 0.1) is 0 Å². The maximum Gasteiger partial charge on any atom is 0.220 e. The fraction of sp³-hybridized carbons (Fsp3) is 0.889. The number of alkyl halides is 1. The van der Waals surface area contributed by atoms with Crippen molar-refractivity contribution in [1.82, 2.24) is 5.32 Å². The van der Waals surface area contributed by atoms with Gasteiger partial charge in [0.2, 0.25) is 5.91 Å². The number of rotatable bonds is 8. The summed E-state index contributed by atoms with van der Waals surface area (Å²) in [6.45, 7) is 4.10. The molecular formula is C9H18ClNO2. The molecule has 13 heavy (non-hydrogen) atoms. The van der Waals surface area contributed by atoms with Crippen LogP contribution in [0.2, 0.25) is 0 Å². The molecule has 0 aliphatic heterocycles. The molecule has 0 aliphatic rings. The second-order valence-electron chi connectivity index (χ2n) is 2.69. The van der Waals surface area contributed by atoms with Gasteiger partial charge in [0, 0.05) is 32.1 Å². The third kappa shape index (κ3) is 9.64. The minimum atomic E-state index is 0.0807. The van der Waals surface area contributed by atoms with Crippen LogP contribution in [0.1, 0.15) is 26.2 Å². The Hall–Kier alpha value is -0.280. The monoisotopic (exact) mass is 207 g/mol. The number of amides is 1. The maximum atomic E-state index is 11.0. The van der Waals surface area contributed by atoms with Gasteiger partial charge in [-0.2, -0.15) is 0 Å². The number of carbonyl (C=O) groups is 1. The zero-order valence-electron chi connectivity index (χ0n) is 8.14. The molecule has 0 saturated carbocycles. The van der Waals surface area contributed by atoms with Crippen molar-refractivity contribution in [3.63, 3.8) is 0 Å². The molecule has 3 nitrogen and oxygen atoms in total. The number of carbonyl (C=O) groups excluding carboxylic acids is 1. The minimum Gasteiger partial charge on any atom is -0.382 e. The fourth-order valence-corrected chi connectivity index (χ4v) is 0.996. The van der Waals surface area contributed by atoms with Gasteiger partial charge in [-0.05, 0) is 19.8 Å². The van der Waals surface area contributed by atoms with E-state index in [0.29, 0.717) is 25.5 Å². The molecule has 4 heteroatoms. The van der Waals surface area contributed by atoms with E-state index in [4.69, 9.17) is 16.3 Å². The number of hydrogen-bond acceptors (Lipinski definition) is 2. The highest BCUT2D eigenvalue weighted by atomic mass is 35.5. The number of halogens is 1. The molecule has 0 aromatic rings. The third-order valence-corrected chi connectivity index (χ3v) is 1.80. The van der Waals surface area contributed by atoms with E-state index in [-0.39, 0.29) is 5.91 Å². The fourth-order valence-electron chi connectivity index (χ4n) is 0.862. The summed E-state index contributed by atoms with van der Waals surface area (Å²) >= 11 is 5.45. The molecule has 0 radical (unpaired) electrons. The predicted octanol–water partition coefficient (Wildman–Crippen LogP) is 1.55. The standard InChI is InChI=1S/C9H18ClNO2/c1-2-13-8-4-7-11-9(12)5-3-6-10/h2-8H2,1H3,(H,11,12). The van der Waals surface area contributed by atoms with Gasteiger partial charge in [0.15, 0.2) is 0 Å². The van der Waals surface area contributed by atoms with Crippen LogP contribution < -0.4 is 5.32 Å². The Morgan fingerprint density at radius 1 is 1.46 bits per heavy atom. The van der Waals surface area contributed by atoms with E-state index in [1.165, 1.54) is 0 Å². The average Bonchev–Trinajstić information content (AvgIpc) is 2.14. The molecule has 0 aromatic carbocycles. The Morgan fingerprint density at radius 3 is 2.85 bits per heavy atom. The van der Waals surface area contributed by atoms with Gasteiger partial charge in [0.1, 0.15) is 0 Å². The summed E-state index contributed by atoms with van der Waals surface area (Å²) in [6.07, 6.45) is 2.15. The second kappa shape index (κ2) is 9.81. The largest absolute Gasteiger partial charge is 0.382 e. The summed E-state index contributed by atoms with van der Waals surface area (Å²) in [7, 11) is 0. The zero-order valence-corrected chi connectivity index (χ0v) is 8.90. The second-order valence-corrected chi connectivity index (χ2v) is 3.07. The van der Waals surface area contributed by atoms with Gasteiger partial charge in [0.25, 0.3) is 0 Å². The maximum absolute atomic E-state index is 11.0. The van der Waals surface area contributed by atoms with Crippen LogP contribution in [0, 0.1) is 0 Å². The lowest BCUT2D eigenvalue weighted by molar-refractivity contribution is -0.121. The molecule has 1 amide bonds. The SMILES string of the molecule is CCOCCCNC(=O)CCCCl. The number of ether oxygens (including phenoxy) is 1. The smallest absolute Gasteiger partial charge is 0.220 e. The lowest BCUT2D eigenvalue weighted by atomic mass is 10.3. The topological polar surface area (TPSA) is 38.3 Å². The molecule has 0 saturated heterocycles. The summed E-state index contributed by atoms with van der Waals surface area (Å²) in [5.41, 5.74) is 0. The van der Waals surface area contributed by atoms with Crippen molar-refractivity contribution >= 4 is 17.5 Å². The molecule has 0 bridgehead atoms. The van der Waals surface area contributed by atoms with Gasteiger partial charge in [-0.3, -0.25) is 4.79 Å². The van der Waals surface area contributed by atoms with Crippen LogP contribution in [0.15, 0.2) is 0 Å². The van der Waals surface area contributed by atoms with Crippen molar-refractivity contribution < 1.29 is 9.53 Å². The molecule has 0 aliphatic carbocycles. The number of hydrogen-bond donors (Lipinski definition) is 1. The lowest BCUT2D eigenvalue weighted by Gasteiger charge is -2.04. The normalized spacial score (nSPS) is 10.0. The van der Waals surface area contributed by atoms with Crippen molar-refractivity contribution in [2.45, 2.75) is 26.2 Å². The van der Waals surface area contributed by atoms with Gasteiger partial charge in [-0.15, -0.1) is 11.6 Å². The predicted molar refractivity (Wildman–Crippen MR) is 54.1 cm³/mol. The minimum absolute atomic E-state index is 0.0807. The summed E-state index contributed by atoms with van der Waals surface area (Å²) in [4.78, 5) is 11.0. The van der Waals surface area contributed by atoms with E-state index in [9.17, 15) is 4.79 Å². The van der Waals surface area contributed by atoms with Crippen LogP contribution >= 0.6 is 11.6 Å². The molecule has 0 unspecified atom stereocenters. The first-order valence-corrected chi connectivity index (χ1v) is 5.25. The lowest BCUT2D eigenvalue weighted by Crippen LogP contribution is -2.24. The molecule has 0 fully saturated rings. The molecule has 78 valence electrons. The van der Waals surface area contributed by atoms with Crippen LogP contribution in [-0.4, -0.2) is 31.5 Å². The first-order valence-electron chi connectivity index (χ1n) is 4.71. The van der Waals surface area contributed by atoms with Crippen LogP contribution in [0.4, 0.5) is 0 Å². The quantitative estimate of drug-likeness (QED) is 0.485. The van der Waals surface area contributed by atoms with Gasteiger partial charge < -0.3 is 10.1 Å². The van der Waals surface area contributed by atoms with Crippen molar-refractivity contribution in [2.24, 2.45) is 0 Å². The van der Waals surface area contributed by atoms with Gasteiger partial charge >= 0.3 is 0 Å². The van der Waals surface area contributed by atoms with E-state index in [0.717, 1.165) is 19.4 Å². The van der Waals surface area contributed by atoms with E-state index < -0.39 is 0 Å². The molecule has 0 aromatic heterocycles. The Balaban J connectivity index is 3.08. The van der Waals surface area contributed by atoms with Crippen LogP contribution in [0.25, 0.3) is 0 Å². The average molecular weight is 208 g/mol. The van der Waals surface area contributed by atoms with Crippen molar-refractivity contribution in [1.29, 1.82) is 0 Å².